The summed E-state index contributed by atoms with van der Waals surface area (Å²) in [5.74, 6) is 1.83. The van der Waals surface area contributed by atoms with E-state index in [-0.39, 0.29) is 5.91 Å². The number of anilines is 2. The molecule has 0 aliphatic carbocycles. The fourth-order valence-corrected chi connectivity index (χ4v) is 4.15. The Balaban J connectivity index is 1.24. The minimum atomic E-state index is 0.192. The molecule has 1 amide bonds. The minimum absolute atomic E-state index is 0.192. The summed E-state index contributed by atoms with van der Waals surface area (Å²) in [6.45, 7) is 6.62. The van der Waals surface area contributed by atoms with Crippen molar-refractivity contribution in [1.82, 2.24) is 24.5 Å². The van der Waals surface area contributed by atoms with Crippen LogP contribution in [-0.4, -0.2) is 69.7 Å². The van der Waals surface area contributed by atoms with Crippen LogP contribution in [0.3, 0.4) is 0 Å². The highest BCUT2D eigenvalue weighted by molar-refractivity contribution is 5.96. The van der Waals surface area contributed by atoms with Crippen LogP contribution in [0.2, 0.25) is 0 Å². The van der Waals surface area contributed by atoms with E-state index in [2.05, 4.69) is 30.9 Å². The Bertz CT molecular complexity index is 1020. The van der Waals surface area contributed by atoms with E-state index < -0.39 is 0 Å². The van der Waals surface area contributed by atoms with Crippen molar-refractivity contribution in [3.8, 4) is 0 Å². The van der Waals surface area contributed by atoms with Crippen LogP contribution in [0.5, 0.6) is 0 Å². The molecule has 8 heteroatoms. The first-order chi connectivity index (χ1) is 13.7. The smallest absolute Gasteiger partial charge is 0.254 e. The lowest BCUT2D eigenvalue weighted by molar-refractivity contribution is -0.119. The number of nitrogens with zero attached hydrogens (tertiary/aromatic N) is 7. The Morgan fingerprint density at radius 1 is 1.11 bits per heavy atom. The maximum absolute atomic E-state index is 12.9. The number of carbonyl (C=O) groups excluding carboxylic acids is 1. The van der Waals surface area contributed by atoms with Gasteiger partial charge in [0.15, 0.2) is 0 Å². The monoisotopic (exact) mass is 377 g/mol. The average molecular weight is 377 g/mol. The van der Waals surface area contributed by atoms with Gasteiger partial charge >= 0.3 is 0 Å². The van der Waals surface area contributed by atoms with Crippen LogP contribution in [0.4, 0.5) is 11.5 Å². The first-order valence-corrected chi connectivity index (χ1v) is 9.72. The first kappa shape index (κ1) is 17.1. The van der Waals surface area contributed by atoms with Crippen LogP contribution in [0, 0.1) is 6.92 Å². The molecule has 1 aromatic carbocycles. The Morgan fingerprint density at radius 2 is 1.93 bits per heavy atom. The van der Waals surface area contributed by atoms with E-state index in [1.165, 1.54) is 11.9 Å². The summed E-state index contributed by atoms with van der Waals surface area (Å²) in [7, 11) is 0. The van der Waals surface area contributed by atoms with Gasteiger partial charge < -0.3 is 9.80 Å². The lowest BCUT2D eigenvalue weighted by Gasteiger charge is -2.36. The van der Waals surface area contributed by atoms with Gasteiger partial charge in [0.05, 0.1) is 6.54 Å². The Hall–Kier alpha value is -3.00. The zero-order valence-corrected chi connectivity index (χ0v) is 16.0. The van der Waals surface area contributed by atoms with E-state index in [4.69, 9.17) is 0 Å². The van der Waals surface area contributed by atoms with Crippen molar-refractivity contribution in [3.63, 3.8) is 0 Å². The van der Waals surface area contributed by atoms with Gasteiger partial charge in [0, 0.05) is 50.2 Å². The third-order valence-corrected chi connectivity index (χ3v) is 5.60. The number of hydrogen-bond donors (Lipinski definition) is 0. The minimum Gasteiger partial charge on any atom is -0.354 e. The molecule has 4 heterocycles. The Labute approximate surface area is 163 Å². The second-order valence-electron chi connectivity index (χ2n) is 7.41. The van der Waals surface area contributed by atoms with Crippen molar-refractivity contribution < 1.29 is 4.79 Å². The van der Waals surface area contributed by atoms with Crippen LogP contribution in [-0.2, 0) is 11.2 Å². The molecule has 0 spiro atoms. The number of benzene rings is 1. The van der Waals surface area contributed by atoms with E-state index in [0.717, 1.165) is 56.3 Å². The molecule has 2 aromatic heterocycles. The summed E-state index contributed by atoms with van der Waals surface area (Å²) in [6, 6.07) is 10.3. The largest absolute Gasteiger partial charge is 0.354 e. The van der Waals surface area contributed by atoms with Crippen LogP contribution in [0.25, 0.3) is 5.78 Å². The van der Waals surface area contributed by atoms with Gasteiger partial charge in [-0.2, -0.15) is 14.6 Å². The highest BCUT2D eigenvalue weighted by Crippen LogP contribution is 2.27. The number of rotatable bonds is 3. The topological polar surface area (TPSA) is 69.9 Å². The standard InChI is InChI=1S/C20H23N7O/c1-15-12-18(27-20(23-15)21-14-22-27)25-10-8-24(9-11-25)13-19(28)26-7-6-16-4-2-3-5-17(16)26/h2-5,12,14H,6-11,13H2,1H3. The molecule has 0 atom stereocenters. The molecule has 0 saturated carbocycles. The van der Waals surface area contributed by atoms with Crippen molar-refractivity contribution in [2.75, 3.05) is 49.1 Å². The van der Waals surface area contributed by atoms with E-state index in [1.807, 2.05) is 36.1 Å². The van der Waals surface area contributed by atoms with Crippen molar-refractivity contribution in [3.05, 3.63) is 47.9 Å². The number of hydrogen-bond acceptors (Lipinski definition) is 6. The summed E-state index contributed by atoms with van der Waals surface area (Å²) >= 11 is 0. The predicted octanol–water partition coefficient (Wildman–Crippen LogP) is 1.14. The quantitative estimate of drug-likeness (QED) is 0.682. The average Bonchev–Trinajstić information content (AvgIpc) is 3.34. The maximum Gasteiger partial charge on any atom is 0.254 e. The lowest BCUT2D eigenvalue weighted by Crippen LogP contribution is -2.50. The summed E-state index contributed by atoms with van der Waals surface area (Å²) < 4.78 is 1.79. The molecule has 2 aliphatic heterocycles. The Morgan fingerprint density at radius 3 is 2.79 bits per heavy atom. The number of amides is 1. The number of carbonyl (C=O) groups is 1. The van der Waals surface area contributed by atoms with Gasteiger partial charge in [-0.25, -0.2) is 4.98 Å². The van der Waals surface area contributed by atoms with Crippen molar-refractivity contribution in [2.24, 2.45) is 0 Å². The summed E-state index contributed by atoms with van der Waals surface area (Å²) in [5, 5.41) is 4.30. The number of piperazine rings is 1. The van der Waals surface area contributed by atoms with Crippen LogP contribution < -0.4 is 9.80 Å². The molecule has 0 N–H and O–H groups in total. The highest BCUT2D eigenvalue weighted by Gasteiger charge is 2.27. The molecule has 0 radical (unpaired) electrons. The van der Waals surface area contributed by atoms with Gasteiger partial charge in [-0.15, -0.1) is 0 Å². The predicted molar refractivity (Wildman–Crippen MR) is 107 cm³/mol. The van der Waals surface area contributed by atoms with Gasteiger partial charge in [0.1, 0.15) is 12.1 Å². The van der Waals surface area contributed by atoms with Crippen molar-refractivity contribution in [1.29, 1.82) is 0 Å². The lowest BCUT2D eigenvalue weighted by atomic mass is 10.2. The fraction of sp³-hybridized carbons (Fsp3) is 0.400. The fourth-order valence-electron chi connectivity index (χ4n) is 4.15. The van der Waals surface area contributed by atoms with Crippen LogP contribution in [0.15, 0.2) is 36.7 Å². The number of aryl methyl sites for hydroxylation is 1. The van der Waals surface area contributed by atoms with E-state index in [9.17, 15) is 4.79 Å². The van der Waals surface area contributed by atoms with E-state index in [0.29, 0.717) is 12.3 Å². The zero-order chi connectivity index (χ0) is 19.1. The molecule has 2 aliphatic rings. The van der Waals surface area contributed by atoms with Crippen molar-refractivity contribution in [2.45, 2.75) is 13.3 Å². The van der Waals surface area contributed by atoms with Gasteiger partial charge in [0.2, 0.25) is 5.91 Å². The van der Waals surface area contributed by atoms with E-state index in [1.54, 1.807) is 4.52 Å². The van der Waals surface area contributed by atoms with Gasteiger partial charge in [-0.1, -0.05) is 18.2 Å². The molecule has 5 rings (SSSR count). The molecular formula is C20H23N7O. The van der Waals surface area contributed by atoms with Crippen LogP contribution >= 0.6 is 0 Å². The Kier molecular flexibility index (Phi) is 4.20. The van der Waals surface area contributed by atoms with Gasteiger partial charge in [-0.3, -0.25) is 9.69 Å². The molecule has 144 valence electrons. The number of aromatic nitrogens is 4. The molecule has 28 heavy (non-hydrogen) atoms. The van der Waals surface area contributed by atoms with E-state index >= 15 is 0 Å². The maximum atomic E-state index is 12.9. The molecule has 3 aromatic rings. The zero-order valence-electron chi connectivity index (χ0n) is 16.0. The number of para-hydroxylation sites is 1. The highest BCUT2D eigenvalue weighted by atomic mass is 16.2. The van der Waals surface area contributed by atoms with Crippen LogP contribution in [0.1, 0.15) is 11.3 Å². The van der Waals surface area contributed by atoms with Crippen molar-refractivity contribution >= 4 is 23.2 Å². The summed E-state index contributed by atoms with van der Waals surface area (Å²) in [6.07, 6.45) is 2.49. The first-order valence-electron chi connectivity index (χ1n) is 9.72. The molecule has 1 fully saturated rings. The normalized spacial score (nSPS) is 17.3. The SMILES string of the molecule is Cc1cc(N2CCN(CC(=O)N3CCc4ccccc43)CC2)n2ncnc2n1. The molecule has 1 saturated heterocycles. The third kappa shape index (κ3) is 2.99. The van der Waals surface area contributed by atoms with Gasteiger partial charge in [-0.05, 0) is 25.0 Å². The molecule has 0 bridgehead atoms. The van der Waals surface area contributed by atoms with Gasteiger partial charge in [0.25, 0.3) is 5.78 Å². The second kappa shape index (κ2) is 6.87. The molecule has 0 unspecified atom stereocenters. The third-order valence-electron chi connectivity index (χ3n) is 5.60. The summed E-state index contributed by atoms with van der Waals surface area (Å²) in [5.41, 5.74) is 3.28. The summed E-state index contributed by atoms with van der Waals surface area (Å²) in [4.78, 5) is 27.9. The molecule has 8 nitrogen and oxygen atoms in total. The molecular weight excluding hydrogens is 354 g/mol. The second-order valence-corrected chi connectivity index (χ2v) is 7.41. The number of fused-ring (bicyclic) bond motifs is 2.